The van der Waals surface area contributed by atoms with Gasteiger partial charge in [0.05, 0.1) is 0 Å². The number of methoxy groups -OCH3 is 1. The zero-order chi connectivity index (χ0) is 18.7. The molecule has 2 bridgehead atoms. The Bertz CT molecular complexity index is 465. The van der Waals surface area contributed by atoms with Crippen LogP contribution in [-0.4, -0.2) is 39.1 Å². The van der Waals surface area contributed by atoms with Gasteiger partial charge < -0.3 is 0 Å². The Labute approximate surface area is 161 Å². The van der Waals surface area contributed by atoms with Crippen molar-refractivity contribution in [1.29, 1.82) is 0 Å². The molecule has 2 fully saturated rings. The fourth-order valence-corrected chi connectivity index (χ4v) is 9.78. The van der Waals surface area contributed by atoms with Crippen molar-refractivity contribution in [2.75, 3.05) is 7.11 Å². The van der Waals surface area contributed by atoms with Crippen LogP contribution in [0.15, 0.2) is 5.16 Å². The Morgan fingerprint density at radius 1 is 1.20 bits per heavy atom. The fourth-order valence-electron chi connectivity index (χ4n) is 5.15. The second-order valence-corrected chi connectivity index (χ2v) is 11.7. The quantitative estimate of drug-likeness (QED) is 0.272. The minimum absolute atomic E-state index is 0.0835. The molecule has 3 nitrogen and oxygen atoms in total. The van der Waals surface area contributed by atoms with Crippen LogP contribution in [-0.2, 0) is 4.74 Å². The Balaban J connectivity index is 2.20. The normalized spacial score (nSPS) is 34.6. The van der Waals surface area contributed by atoms with Crippen molar-refractivity contribution in [3.8, 4) is 0 Å². The third-order valence-electron chi connectivity index (χ3n) is 7.34. The van der Waals surface area contributed by atoms with Gasteiger partial charge in [-0.25, -0.2) is 0 Å². The molecule has 0 saturated heterocycles. The van der Waals surface area contributed by atoms with E-state index in [4.69, 9.17) is 4.74 Å². The fraction of sp³-hybridized carbons (Fsp3) is 0.952. The number of unbranched alkanes of at least 4 members (excludes halogenated alkanes) is 2. The average Bonchev–Trinajstić information content (AvgIpc) is 2.91. The van der Waals surface area contributed by atoms with Gasteiger partial charge in [-0.1, -0.05) is 0 Å². The molecule has 2 aliphatic rings. The van der Waals surface area contributed by atoms with Crippen molar-refractivity contribution >= 4 is 20.7 Å². The summed E-state index contributed by atoms with van der Waals surface area (Å²) in [5, 5.41) is 13.7. The molecule has 4 heteroatoms. The third kappa shape index (κ3) is 3.82. The predicted octanol–water partition coefficient (Wildman–Crippen LogP) is 5.95. The van der Waals surface area contributed by atoms with E-state index in [1.54, 1.807) is 0 Å². The monoisotopic (exact) mass is 417 g/mol. The van der Waals surface area contributed by atoms with Crippen molar-refractivity contribution in [2.45, 2.75) is 102 Å². The Morgan fingerprint density at radius 2 is 1.84 bits per heavy atom. The second kappa shape index (κ2) is 8.76. The Morgan fingerprint density at radius 3 is 2.40 bits per heavy atom. The first kappa shape index (κ1) is 21.3. The molecule has 2 aliphatic carbocycles. The van der Waals surface area contributed by atoms with E-state index in [2.05, 4.69) is 39.8 Å². The molecule has 0 heterocycles. The van der Waals surface area contributed by atoms with E-state index in [0.717, 1.165) is 5.71 Å². The molecule has 0 radical (unpaired) electrons. The topological polar surface area (TPSA) is 41.8 Å². The van der Waals surface area contributed by atoms with E-state index in [-0.39, 0.29) is 10.8 Å². The van der Waals surface area contributed by atoms with E-state index < -0.39 is 0 Å². The first-order valence-electron chi connectivity index (χ1n) is 10.3. The summed E-state index contributed by atoms with van der Waals surface area (Å²) in [4.78, 5) is 1.14. The van der Waals surface area contributed by atoms with Crippen LogP contribution in [0.2, 0.25) is 9.63 Å². The number of hydrogen-bond donors (Lipinski definition) is 1. The zero-order valence-corrected chi connectivity index (χ0v) is 18.9. The van der Waals surface area contributed by atoms with Crippen molar-refractivity contribution in [1.82, 2.24) is 0 Å². The van der Waals surface area contributed by atoms with Crippen LogP contribution in [0.25, 0.3) is 0 Å². The van der Waals surface area contributed by atoms with Crippen LogP contribution in [0, 0.1) is 16.7 Å². The first-order chi connectivity index (χ1) is 11.9. The molecule has 2 rings (SSSR count). The van der Waals surface area contributed by atoms with Crippen molar-refractivity contribution in [3.63, 3.8) is 0 Å². The van der Waals surface area contributed by atoms with Crippen molar-refractivity contribution in [2.24, 2.45) is 21.9 Å². The number of oxime groups is 1. The number of hydrogen-bond acceptors (Lipinski definition) is 3. The van der Waals surface area contributed by atoms with Gasteiger partial charge in [-0.2, -0.15) is 0 Å². The molecule has 0 aliphatic heterocycles. The van der Waals surface area contributed by atoms with Crippen LogP contribution in [0.3, 0.4) is 0 Å². The van der Waals surface area contributed by atoms with Gasteiger partial charge >= 0.3 is 161 Å². The van der Waals surface area contributed by atoms with E-state index in [9.17, 15) is 5.21 Å². The van der Waals surface area contributed by atoms with Crippen LogP contribution < -0.4 is 0 Å². The molecule has 0 aromatic carbocycles. The van der Waals surface area contributed by atoms with Gasteiger partial charge in [-0.3, -0.25) is 0 Å². The summed E-state index contributed by atoms with van der Waals surface area (Å²) in [6.07, 6.45) is 10.3. The Hall–Kier alpha value is -0.0505. The van der Waals surface area contributed by atoms with Gasteiger partial charge in [0.1, 0.15) is 0 Å². The molecule has 0 aromatic heterocycles. The van der Waals surface area contributed by atoms with Crippen molar-refractivity contribution in [3.05, 3.63) is 0 Å². The number of rotatable bonds is 10. The van der Waals surface area contributed by atoms with Crippen LogP contribution in [0.4, 0.5) is 0 Å². The summed E-state index contributed by atoms with van der Waals surface area (Å²) < 4.78 is 5.96. The second-order valence-electron chi connectivity index (χ2n) is 8.84. The zero-order valence-electron chi connectivity index (χ0n) is 17.2. The molecule has 0 spiro atoms. The molecule has 2 saturated carbocycles. The van der Waals surface area contributed by atoms with E-state index in [0.29, 0.717) is 36.6 Å². The number of nitrogens with zero attached hydrogens (tertiary/aromatic N) is 1. The first-order valence-corrected chi connectivity index (χ1v) is 12.3. The summed E-state index contributed by atoms with van der Waals surface area (Å²) in [5.74, 6) is 0.677. The van der Waals surface area contributed by atoms with Crippen molar-refractivity contribution < 1.29 is 9.94 Å². The number of ether oxygens (including phenoxy) is 1. The third-order valence-corrected chi connectivity index (χ3v) is 11.0. The van der Waals surface area contributed by atoms with Crippen LogP contribution in [0.5, 0.6) is 0 Å². The molecule has 0 aromatic rings. The predicted molar refractivity (Wildman–Crippen MR) is 107 cm³/mol. The molecular weight excluding hydrogens is 377 g/mol. The maximum atomic E-state index is 9.85. The van der Waals surface area contributed by atoms with E-state index in [1.807, 2.05) is 7.11 Å². The summed E-state index contributed by atoms with van der Waals surface area (Å²) >= 11 is 0.436. The molecule has 146 valence electrons. The Kier molecular flexibility index (Phi) is 7.45. The molecule has 5 atom stereocenters. The standard InChI is InChI=1S/C21H39NO2Se/c1-7-9-11-16(24-6)17(12-10-8-2)25-18-15-13-14-21(5,19(18)22-23)20(15,3)4/h15-18,23H,7-14H2,1-6H3/b22-19+/t15-,16?,17?,18+,21+/m1/s1. The van der Waals surface area contributed by atoms with Gasteiger partial charge in [0.2, 0.25) is 0 Å². The van der Waals surface area contributed by atoms with Gasteiger partial charge in [-0.05, 0) is 0 Å². The molecule has 2 unspecified atom stereocenters. The van der Waals surface area contributed by atoms with Crippen LogP contribution >= 0.6 is 0 Å². The maximum absolute atomic E-state index is 9.85. The minimum atomic E-state index is 0.0835. The van der Waals surface area contributed by atoms with E-state index in [1.165, 1.54) is 51.4 Å². The molecule has 0 amide bonds. The van der Waals surface area contributed by atoms with Gasteiger partial charge in [0.15, 0.2) is 0 Å². The summed E-state index contributed by atoms with van der Waals surface area (Å²) in [7, 11) is 1.89. The summed E-state index contributed by atoms with van der Waals surface area (Å²) in [6.45, 7) is 11.7. The molecule has 25 heavy (non-hydrogen) atoms. The van der Waals surface area contributed by atoms with Gasteiger partial charge in [0, 0.05) is 0 Å². The van der Waals surface area contributed by atoms with Gasteiger partial charge in [-0.15, -0.1) is 0 Å². The molecular formula is C21H39NO2Se. The summed E-state index contributed by atoms with van der Waals surface area (Å²) in [5.41, 5.74) is 1.45. The van der Waals surface area contributed by atoms with Gasteiger partial charge in [0.25, 0.3) is 0 Å². The molecule has 1 N–H and O–H groups in total. The summed E-state index contributed by atoms with van der Waals surface area (Å²) in [6, 6.07) is 0. The number of fused-ring (bicyclic) bond motifs is 2. The van der Waals surface area contributed by atoms with E-state index >= 15 is 0 Å². The van der Waals surface area contributed by atoms with Crippen LogP contribution in [0.1, 0.15) is 86.0 Å². The average molecular weight is 417 g/mol. The SMILES string of the molecule is CCCCC(OC)C(CCCC)[Se][C@@H]1/C(=N\O)[C@]2(C)CC[C@H]1C2(C)C.